The Bertz CT molecular complexity index is 1320. The number of fused-ring (bicyclic) bond motifs is 2. The molecule has 7 heteroatoms. The monoisotopic (exact) mass is 474 g/mol. The van der Waals surface area contributed by atoms with Crippen LogP contribution < -0.4 is 24.8 Å². The fraction of sp³-hybridized carbons (Fsp3) is 0.222. The zero-order chi connectivity index (χ0) is 23.2. The summed E-state index contributed by atoms with van der Waals surface area (Å²) in [7, 11) is 1.65. The largest absolute Gasteiger partial charge is 0.497 e. The average molecular weight is 475 g/mol. The maximum Gasteiger partial charge on any atom is 0.231 e. The zero-order valence-electron chi connectivity index (χ0n) is 18.6. The molecule has 1 aliphatic carbocycles. The van der Waals surface area contributed by atoms with Crippen LogP contribution >= 0.6 is 11.6 Å². The van der Waals surface area contributed by atoms with Crippen molar-refractivity contribution in [1.82, 2.24) is 0 Å². The van der Waals surface area contributed by atoms with E-state index in [-0.39, 0.29) is 18.5 Å². The molecule has 6 rings (SSSR count). The Morgan fingerprint density at radius 1 is 0.971 bits per heavy atom. The number of methoxy groups -OCH3 is 1. The minimum Gasteiger partial charge on any atom is -0.497 e. The molecule has 0 unspecified atom stereocenters. The molecule has 2 aliphatic heterocycles. The van der Waals surface area contributed by atoms with E-state index in [1.807, 2.05) is 54.6 Å². The van der Waals surface area contributed by atoms with E-state index in [9.17, 15) is 4.79 Å². The van der Waals surface area contributed by atoms with Gasteiger partial charge in [0.25, 0.3) is 0 Å². The SMILES string of the molecule is COc1ccc([C@H]2CC(=O)C3=C(C2)Nc2ccccc2N[C@H]3c2cc3c(cc2Cl)OCO3)cc1. The molecule has 0 aromatic heterocycles. The number of hydrogen-bond donors (Lipinski definition) is 2. The van der Waals surface area contributed by atoms with Crippen LogP contribution in [0.25, 0.3) is 0 Å². The molecule has 2 N–H and O–H groups in total. The van der Waals surface area contributed by atoms with E-state index >= 15 is 0 Å². The maximum atomic E-state index is 13.7. The zero-order valence-corrected chi connectivity index (χ0v) is 19.3. The lowest BCUT2D eigenvalue weighted by molar-refractivity contribution is -0.116. The Hall–Kier alpha value is -3.64. The van der Waals surface area contributed by atoms with Crippen LogP contribution in [0, 0.1) is 0 Å². The van der Waals surface area contributed by atoms with Crippen molar-refractivity contribution in [2.45, 2.75) is 24.8 Å². The number of para-hydroxylation sites is 2. The van der Waals surface area contributed by atoms with Crippen LogP contribution in [-0.4, -0.2) is 19.7 Å². The molecule has 3 aromatic rings. The van der Waals surface area contributed by atoms with Crippen molar-refractivity contribution in [3.63, 3.8) is 0 Å². The first-order chi connectivity index (χ1) is 16.6. The average Bonchev–Trinajstić information content (AvgIpc) is 3.23. The van der Waals surface area contributed by atoms with Gasteiger partial charge in [0.15, 0.2) is 17.3 Å². The molecule has 0 fully saturated rings. The minimum atomic E-state index is -0.419. The smallest absolute Gasteiger partial charge is 0.231 e. The third kappa shape index (κ3) is 3.55. The number of benzene rings is 3. The van der Waals surface area contributed by atoms with Gasteiger partial charge in [-0.15, -0.1) is 0 Å². The molecule has 2 atom stereocenters. The molecular formula is C27H23ClN2O4. The number of ether oxygens (including phenoxy) is 3. The van der Waals surface area contributed by atoms with Crippen LogP contribution in [0.2, 0.25) is 5.02 Å². The number of carbonyl (C=O) groups excluding carboxylic acids is 1. The van der Waals surface area contributed by atoms with Crippen LogP contribution in [-0.2, 0) is 4.79 Å². The van der Waals surface area contributed by atoms with Crippen molar-refractivity contribution < 1.29 is 19.0 Å². The Labute approximate surface area is 202 Å². The lowest BCUT2D eigenvalue weighted by Crippen LogP contribution is -2.27. The van der Waals surface area contributed by atoms with E-state index < -0.39 is 6.04 Å². The quantitative estimate of drug-likeness (QED) is 0.481. The molecular weight excluding hydrogens is 452 g/mol. The van der Waals surface area contributed by atoms with Gasteiger partial charge in [-0.2, -0.15) is 0 Å². The minimum absolute atomic E-state index is 0.0720. The number of hydrogen-bond acceptors (Lipinski definition) is 6. The van der Waals surface area contributed by atoms with Gasteiger partial charge in [0.1, 0.15) is 5.75 Å². The first kappa shape index (κ1) is 20.9. The van der Waals surface area contributed by atoms with E-state index in [1.54, 1.807) is 13.2 Å². The van der Waals surface area contributed by atoms with Gasteiger partial charge in [0.2, 0.25) is 6.79 Å². The van der Waals surface area contributed by atoms with Crippen molar-refractivity contribution in [3.8, 4) is 17.2 Å². The molecule has 2 heterocycles. The number of anilines is 2. The van der Waals surface area contributed by atoms with E-state index in [0.717, 1.165) is 33.9 Å². The summed E-state index contributed by atoms with van der Waals surface area (Å²) in [6, 6.07) is 19.1. The van der Waals surface area contributed by atoms with Gasteiger partial charge in [-0.3, -0.25) is 4.79 Å². The topological polar surface area (TPSA) is 68.8 Å². The number of carbonyl (C=O) groups is 1. The molecule has 0 saturated carbocycles. The van der Waals surface area contributed by atoms with Gasteiger partial charge in [0.05, 0.1) is 29.5 Å². The third-order valence-corrected chi connectivity index (χ3v) is 7.03. The molecule has 0 bridgehead atoms. The standard InChI is InChI=1S/C27H23ClN2O4/c1-32-17-8-6-15(7-9-17)16-10-22-26(23(31)11-16)27(30-21-5-3-2-4-20(21)29-22)18-12-24-25(13-19(18)28)34-14-33-24/h2-9,12-13,16,27,29-30H,10-11,14H2,1H3/t16-,27+/m1/s1. The van der Waals surface area contributed by atoms with Crippen LogP contribution in [0.3, 0.4) is 0 Å². The van der Waals surface area contributed by atoms with E-state index in [0.29, 0.717) is 34.9 Å². The van der Waals surface area contributed by atoms with Crippen LogP contribution in [0.5, 0.6) is 17.2 Å². The highest BCUT2D eigenvalue weighted by Crippen LogP contribution is 2.47. The lowest BCUT2D eigenvalue weighted by Gasteiger charge is -2.30. The molecule has 3 aromatic carbocycles. The normalized spacial score (nSPS) is 20.6. The Morgan fingerprint density at radius 3 is 2.47 bits per heavy atom. The molecule has 0 spiro atoms. The van der Waals surface area contributed by atoms with Gasteiger partial charge in [-0.1, -0.05) is 35.9 Å². The summed E-state index contributed by atoms with van der Waals surface area (Å²) in [5, 5.41) is 7.65. The second-order valence-electron chi connectivity index (χ2n) is 8.67. The molecule has 6 nitrogen and oxygen atoms in total. The van der Waals surface area contributed by atoms with E-state index in [1.165, 1.54) is 0 Å². The Morgan fingerprint density at radius 2 is 1.71 bits per heavy atom. The first-order valence-electron chi connectivity index (χ1n) is 11.2. The summed E-state index contributed by atoms with van der Waals surface area (Å²) in [6.07, 6.45) is 1.13. The summed E-state index contributed by atoms with van der Waals surface area (Å²) in [6.45, 7) is 0.161. The fourth-order valence-corrected chi connectivity index (χ4v) is 5.25. The maximum absolute atomic E-state index is 13.7. The van der Waals surface area contributed by atoms with Crippen molar-refractivity contribution >= 4 is 28.8 Å². The number of ketones is 1. The number of Topliss-reactive ketones (excluding diaryl/α,β-unsaturated/α-hetero) is 1. The Kier molecular flexibility index (Phi) is 5.11. The summed E-state index contributed by atoms with van der Waals surface area (Å²) in [4.78, 5) is 13.7. The van der Waals surface area contributed by atoms with Gasteiger partial charge in [-0.25, -0.2) is 0 Å². The second kappa shape index (κ2) is 8.29. The number of allylic oxidation sites excluding steroid dienone is 1. The Balaban J connectivity index is 1.45. The van der Waals surface area contributed by atoms with Crippen molar-refractivity contribution in [3.05, 3.63) is 88.1 Å². The van der Waals surface area contributed by atoms with E-state index in [4.69, 9.17) is 25.8 Å². The van der Waals surface area contributed by atoms with Crippen LogP contribution in [0.15, 0.2) is 71.9 Å². The molecule has 34 heavy (non-hydrogen) atoms. The molecule has 0 amide bonds. The fourth-order valence-electron chi connectivity index (χ4n) is 4.99. The highest BCUT2D eigenvalue weighted by Gasteiger charge is 2.37. The van der Waals surface area contributed by atoms with Gasteiger partial charge in [-0.05, 0) is 48.2 Å². The number of nitrogens with one attached hydrogen (secondary N) is 2. The lowest BCUT2D eigenvalue weighted by atomic mass is 9.78. The van der Waals surface area contributed by atoms with Crippen LogP contribution in [0.1, 0.15) is 35.9 Å². The van der Waals surface area contributed by atoms with Crippen molar-refractivity contribution in [2.24, 2.45) is 0 Å². The summed E-state index contributed by atoms with van der Waals surface area (Å²) >= 11 is 6.71. The van der Waals surface area contributed by atoms with Crippen molar-refractivity contribution in [2.75, 3.05) is 24.5 Å². The first-order valence-corrected chi connectivity index (χ1v) is 11.6. The number of halogens is 1. The highest BCUT2D eigenvalue weighted by atomic mass is 35.5. The van der Waals surface area contributed by atoms with Crippen LogP contribution in [0.4, 0.5) is 11.4 Å². The van der Waals surface area contributed by atoms with Gasteiger partial charge in [0, 0.05) is 29.3 Å². The van der Waals surface area contributed by atoms with Gasteiger partial charge >= 0.3 is 0 Å². The highest BCUT2D eigenvalue weighted by molar-refractivity contribution is 6.31. The van der Waals surface area contributed by atoms with Gasteiger partial charge < -0.3 is 24.8 Å². The summed E-state index contributed by atoms with van der Waals surface area (Å²) in [5.74, 6) is 2.21. The molecule has 172 valence electrons. The molecule has 0 radical (unpaired) electrons. The summed E-state index contributed by atoms with van der Waals surface area (Å²) in [5.41, 5.74) is 5.36. The molecule has 0 saturated heterocycles. The van der Waals surface area contributed by atoms with Crippen molar-refractivity contribution in [1.29, 1.82) is 0 Å². The summed E-state index contributed by atoms with van der Waals surface area (Å²) < 4.78 is 16.4. The predicted molar refractivity (Wildman–Crippen MR) is 131 cm³/mol. The van der Waals surface area contributed by atoms with E-state index in [2.05, 4.69) is 10.6 Å². The predicted octanol–water partition coefficient (Wildman–Crippen LogP) is 6.06. The third-order valence-electron chi connectivity index (χ3n) is 6.70. The molecule has 3 aliphatic rings. The number of rotatable bonds is 3. The second-order valence-corrected chi connectivity index (χ2v) is 9.08.